The molecule has 1 heterocycles. The average molecular weight is 270 g/mol. The predicted octanol–water partition coefficient (Wildman–Crippen LogP) is 2.69. The highest BCUT2D eigenvalue weighted by Crippen LogP contribution is 2.48. The minimum absolute atomic E-state index is 0.406. The van der Waals surface area contributed by atoms with Gasteiger partial charge in [0.05, 0.1) is 14.5 Å². The van der Waals surface area contributed by atoms with Gasteiger partial charge in [-0.2, -0.15) is 5.26 Å². The Balaban J connectivity index is 2.54. The third kappa shape index (κ3) is 1.92. The van der Waals surface area contributed by atoms with Gasteiger partial charge in [0.25, 0.3) is 0 Å². The Hall–Kier alpha value is -1.12. The van der Waals surface area contributed by atoms with E-state index >= 15 is 0 Å². The van der Waals surface area contributed by atoms with Crippen LogP contribution in [0.4, 0.5) is 0 Å². The number of aromatic nitrogens is 1. The minimum atomic E-state index is -2.57. The number of pyridine rings is 1. The van der Waals surface area contributed by atoms with Gasteiger partial charge in [0.15, 0.2) is 0 Å². The zero-order valence-electron chi connectivity index (χ0n) is 9.39. The van der Waals surface area contributed by atoms with Crippen LogP contribution in [0, 0.1) is 11.5 Å². The van der Waals surface area contributed by atoms with Crippen molar-refractivity contribution in [3.63, 3.8) is 0 Å². The van der Waals surface area contributed by atoms with E-state index in [9.17, 15) is 4.21 Å². The van der Waals surface area contributed by atoms with E-state index < -0.39 is 14.5 Å². The van der Waals surface area contributed by atoms with Gasteiger partial charge >= 0.3 is 0 Å². The molecule has 0 radical (unpaired) electrons. The van der Waals surface area contributed by atoms with Crippen molar-refractivity contribution in [3.05, 3.63) is 29.0 Å². The molecule has 0 aliphatic heterocycles. The summed E-state index contributed by atoms with van der Waals surface area (Å²) < 4.78 is 15.6. The largest absolute Gasteiger partial charge is 0.248 e. The monoisotopic (exact) mass is 269 g/mol. The summed E-state index contributed by atoms with van der Waals surface area (Å²) in [5, 5.41) is 9.05. The second-order valence-corrected chi connectivity index (χ2v) is 7.17. The van der Waals surface area contributed by atoms with Crippen molar-refractivity contribution in [3.8, 4) is 6.19 Å². The lowest BCUT2D eigenvalue weighted by Crippen LogP contribution is -2.41. The lowest BCUT2D eigenvalue weighted by molar-refractivity contribution is 0.358. The number of hydrogen-bond donors (Lipinski definition) is 0. The molecule has 1 fully saturated rings. The topological polar surface area (TPSA) is 66.1 Å². The van der Waals surface area contributed by atoms with Crippen LogP contribution in [0.5, 0.6) is 0 Å². The van der Waals surface area contributed by atoms with Gasteiger partial charge in [0, 0.05) is 12.5 Å². The molecule has 1 saturated carbocycles. The van der Waals surface area contributed by atoms with Gasteiger partial charge in [0.2, 0.25) is 6.19 Å². The molecule has 0 amide bonds. The maximum Gasteiger partial charge on any atom is 0.214 e. The smallest absolute Gasteiger partial charge is 0.214 e. The third-order valence-corrected chi connectivity index (χ3v) is 6.10. The molecule has 1 aromatic heterocycles. The Morgan fingerprint density at radius 2 is 2.29 bits per heavy atom. The van der Waals surface area contributed by atoms with E-state index in [2.05, 4.69) is 9.35 Å². The molecular weight excluding hydrogens is 258 g/mol. The third-order valence-electron chi connectivity index (χ3n) is 3.35. The number of nitriles is 1. The summed E-state index contributed by atoms with van der Waals surface area (Å²) in [6, 6.07) is 3.50. The van der Waals surface area contributed by atoms with Crippen molar-refractivity contribution in [2.24, 2.45) is 4.36 Å². The lowest BCUT2D eigenvalue weighted by Gasteiger charge is -2.42. The lowest BCUT2D eigenvalue weighted by atomic mass is 9.79. The first-order chi connectivity index (χ1) is 8.02. The summed E-state index contributed by atoms with van der Waals surface area (Å²) in [5.74, 6) is 0. The molecule has 0 N–H and O–H groups in total. The van der Waals surface area contributed by atoms with Gasteiger partial charge in [-0.1, -0.05) is 17.7 Å². The van der Waals surface area contributed by atoms with E-state index in [1.165, 1.54) is 0 Å². The maximum absolute atomic E-state index is 12.5. The van der Waals surface area contributed by atoms with Crippen LogP contribution in [0.2, 0.25) is 5.15 Å². The van der Waals surface area contributed by atoms with Crippen LogP contribution in [-0.4, -0.2) is 15.4 Å². The second kappa shape index (κ2) is 4.28. The Kier molecular flexibility index (Phi) is 3.11. The highest BCUT2D eigenvalue weighted by Gasteiger charge is 2.46. The Bertz CT molecular complexity index is 578. The van der Waals surface area contributed by atoms with Crippen LogP contribution in [0.1, 0.15) is 24.8 Å². The van der Waals surface area contributed by atoms with Crippen LogP contribution >= 0.6 is 11.6 Å². The molecule has 4 nitrogen and oxygen atoms in total. The number of hydrogen-bond acceptors (Lipinski definition) is 4. The predicted molar refractivity (Wildman–Crippen MR) is 66.9 cm³/mol. The van der Waals surface area contributed by atoms with Gasteiger partial charge in [-0.05, 0) is 30.9 Å². The molecule has 1 aliphatic carbocycles. The fourth-order valence-electron chi connectivity index (χ4n) is 2.19. The van der Waals surface area contributed by atoms with Crippen LogP contribution in [0.15, 0.2) is 22.7 Å². The summed E-state index contributed by atoms with van der Waals surface area (Å²) in [4.78, 5) is 4.02. The van der Waals surface area contributed by atoms with Crippen LogP contribution in [0.3, 0.4) is 0 Å². The van der Waals surface area contributed by atoms with Crippen LogP contribution in [-0.2, 0) is 14.5 Å². The Morgan fingerprint density at radius 3 is 2.71 bits per heavy atom. The molecule has 2 rings (SSSR count). The number of halogens is 1. The highest BCUT2D eigenvalue weighted by atomic mass is 35.5. The first-order valence-corrected chi connectivity index (χ1v) is 7.54. The standard InChI is InChI=1S/C11H12ClN3OS/c1-17(16,15-8-13)11(5-2-6-11)9-3-4-10(12)14-7-9/h3-4,7H,2,5-6H2,1H3. The Labute approximate surface area is 106 Å². The van der Waals surface area contributed by atoms with Gasteiger partial charge in [-0.3, -0.25) is 0 Å². The van der Waals surface area contributed by atoms with Crippen LogP contribution in [0.25, 0.3) is 0 Å². The van der Waals surface area contributed by atoms with Gasteiger partial charge in [-0.15, -0.1) is 4.36 Å². The van der Waals surface area contributed by atoms with E-state index in [-0.39, 0.29) is 0 Å². The van der Waals surface area contributed by atoms with E-state index in [4.69, 9.17) is 16.9 Å². The SMILES string of the molecule is CS(=O)(=NC#N)C1(c2ccc(Cl)nc2)CCC1. The van der Waals surface area contributed by atoms with Crippen molar-refractivity contribution in [2.75, 3.05) is 6.26 Å². The van der Waals surface area contributed by atoms with E-state index in [0.717, 1.165) is 24.8 Å². The average Bonchev–Trinajstić information content (AvgIpc) is 2.18. The molecule has 17 heavy (non-hydrogen) atoms. The molecule has 0 saturated heterocycles. The van der Waals surface area contributed by atoms with Crippen molar-refractivity contribution in [2.45, 2.75) is 24.0 Å². The normalized spacial score (nSPS) is 20.8. The van der Waals surface area contributed by atoms with E-state index in [1.54, 1.807) is 24.7 Å². The molecule has 1 aliphatic rings. The van der Waals surface area contributed by atoms with Gasteiger partial charge < -0.3 is 0 Å². The summed E-state index contributed by atoms with van der Waals surface area (Å²) in [7, 11) is -2.57. The summed E-state index contributed by atoms with van der Waals surface area (Å²) in [5.41, 5.74) is 0.861. The Morgan fingerprint density at radius 1 is 1.59 bits per heavy atom. The van der Waals surface area contributed by atoms with Crippen molar-refractivity contribution >= 4 is 21.3 Å². The summed E-state index contributed by atoms with van der Waals surface area (Å²) in [6.45, 7) is 0. The quantitative estimate of drug-likeness (QED) is 0.612. The fraction of sp³-hybridized carbons (Fsp3) is 0.455. The van der Waals surface area contributed by atoms with Crippen molar-refractivity contribution in [1.29, 1.82) is 5.26 Å². The van der Waals surface area contributed by atoms with E-state index in [1.807, 2.05) is 6.07 Å². The number of nitrogens with zero attached hydrogens (tertiary/aromatic N) is 3. The van der Waals surface area contributed by atoms with Crippen LogP contribution < -0.4 is 0 Å². The maximum atomic E-state index is 12.5. The first kappa shape index (κ1) is 12.3. The molecule has 0 spiro atoms. The first-order valence-electron chi connectivity index (χ1n) is 5.24. The van der Waals surface area contributed by atoms with Gasteiger partial charge in [0.1, 0.15) is 5.15 Å². The fourth-order valence-corrected chi connectivity index (χ4v) is 4.24. The molecule has 1 unspecified atom stereocenters. The molecular formula is C11H12ClN3OS. The second-order valence-electron chi connectivity index (χ2n) is 4.21. The highest BCUT2D eigenvalue weighted by molar-refractivity contribution is 7.94. The molecule has 90 valence electrons. The van der Waals surface area contributed by atoms with E-state index in [0.29, 0.717) is 5.15 Å². The zero-order valence-corrected chi connectivity index (χ0v) is 11.0. The summed E-state index contributed by atoms with van der Waals surface area (Å²) in [6.07, 6.45) is 7.39. The molecule has 1 atom stereocenters. The van der Waals surface area contributed by atoms with Crippen molar-refractivity contribution in [1.82, 2.24) is 4.98 Å². The molecule has 1 aromatic rings. The molecule has 0 bridgehead atoms. The minimum Gasteiger partial charge on any atom is -0.248 e. The summed E-state index contributed by atoms with van der Waals surface area (Å²) >= 11 is 5.74. The zero-order chi connectivity index (χ0) is 12.5. The van der Waals surface area contributed by atoms with Gasteiger partial charge in [-0.25, -0.2) is 9.19 Å². The molecule has 0 aromatic carbocycles. The number of rotatable bonds is 2. The van der Waals surface area contributed by atoms with Crippen molar-refractivity contribution < 1.29 is 4.21 Å². The molecule has 6 heteroatoms.